The van der Waals surface area contributed by atoms with E-state index >= 15 is 0 Å². The molecule has 0 aliphatic carbocycles. The van der Waals surface area contributed by atoms with E-state index in [0.717, 1.165) is 33.2 Å². The largest absolute Gasteiger partial charge is 0.497 e. The number of hydrogen-bond donors (Lipinski definition) is 2. The molecule has 0 saturated heterocycles. The van der Waals surface area contributed by atoms with Crippen molar-refractivity contribution in [3.05, 3.63) is 40.5 Å². The highest BCUT2D eigenvalue weighted by atomic mass is 35.5. The van der Waals surface area contributed by atoms with Gasteiger partial charge in [-0.3, -0.25) is 9.82 Å². The lowest BCUT2D eigenvalue weighted by molar-refractivity contribution is 0.395. The van der Waals surface area contributed by atoms with Gasteiger partial charge in [0.1, 0.15) is 27.1 Å². The van der Waals surface area contributed by atoms with Crippen LogP contribution in [0.25, 0.3) is 10.6 Å². The standard InChI is InChI=1S/C17H18ClN3O4S2/c1-9-10(2)19-20-16(9)14-5-6-15(26-14)27(22,23)21-17-12(18)7-11(24-3)8-13(17)25-4/h5-8,21H,1-4H3,(H,19,20). The third-order valence-corrected chi connectivity index (χ3v) is 7.28. The first-order valence-electron chi connectivity index (χ1n) is 7.83. The number of H-pyrrole nitrogens is 1. The summed E-state index contributed by atoms with van der Waals surface area (Å²) in [6, 6.07) is 6.33. The number of aryl methyl sites for hydroxylation is 1. The van der Waals surface area contributed by atoms with Gasteiger partial charge in [-0.05, 0) is 31.5 Å². The van der Waals surface area contributed by atoms with Gasteiger partial charge in [-0.2, -0.15) is 5.10 Å². The molecule has 0 saturated carbocycles. The van der Waals surface area contributed by atoms with Crippen molar-refractivity contribution in [1.29, 1.82) is 0 Å². The summed E-state index contributed by atoms with van der Waals surface area (Å²) in [5.74, 6) is 0.723. The van der Waals surface area contributed by atoms with Gasteiger partial charge in [0.25, 0.3) is 10.0 Å². The van der Waals surface area contributed by atoms with Gasteiger partial charge in [0.15, 0.2) is 0 Å². The second kappa shape index (κ2) is 7.41. The van der Waals surface area contributed by atoms with Crippen molar-refractivity contribution in [2.45, 2.75) is 18.1 Å². The topological polar surface area (TPSA) is 93.3 Å². The molecule has 10 heteroatoms. The third kappa shape index (κ3) is 3.76. The van der Waals surface area contributed by atoms with Crippen molar-refractivity contribution >= 4 is 38.6 Å². The SMILES string of the molecule is COc1cc(Cl)c(NS(=O)(=O)c2ccc(-c3n[nH]c(C)c3C)s2)c(OC)c1. The number of rotatable bonds is 6. The van der Waals surface area contributed by atoms with Crippen LogP contribution in [0.2, 0.25) is 5.02 Å². The minimum atomic E-state index is -3.86. The fourth-order valence-electron chi connectivity index (χ4n) is 2.44. The number of sulfonamides is 1. The molecular weight excluding hydrogens is 410 g/mol. The van der Waals surface area contributed by atoms with E-state index in [9.17, 15) is 8.42 Å². The molecule has 1 aromatic carbocycles. The van der Waals surface area contributed by atoms with Crippen molar-refractivity contribution in [2.75, 3.05) is 18.9 Å². The highest BCUT2D eigenvalue weighted by Crippen LogP contribution is 2.39. The number of halogens is 1. The Morgan fingerprint density at radius 1 is 1.19 bits per heavy atom. The lowest BCUT2D eigenvalue weighted by Crippen LogP contribution is -2.12. The second-order valence-corrected chi connectivity index (χ2v) is 9.13. The molecule has 3 aromatic rings. The molecule has 3 rings (SSSR count). The van der Waals surface area contributed by atoms with Crippen molar-refractivity contribution in [3.63, 3.8) is 0 Å². The average Bonchev–Trinajstić information content (AvgIpc) is 3.24. The number of benzene rings is 1. The fraction of sp³-hybridized carbons (Fsp3) is 0.235. The molecule has 0 aliphatic heterocycles. The first-order chi connectivity index (χ1) is 12.8. The summed E-state index contributed by atoms with van der Waals surface area (Å²) in [4.78, 5) is 0.755. The highest BCUT2D eigenvalue weighted by molar-refractivity contribution is 7.94. The van der Waals surface area contributed by atoms with E-state index in [1.807, 2.05) is 13.8 Å². The molecule has 2 N–H and O–H groups in total. The monoisotopic (exact) mass is 427 g/mol. The number of aromatic amines is 1. The maximum Gasteiger partial charge on any atom is 0.271 e. The third-order valence-electron chi connectivity index (χ3n) is 4.05. The van der Waals surface area contributed by atoms with Gasteiger partial charge in [-0.1, -0.05) is 11.6 Å². The van der Waals surface area contributed by atoms with Gasteiger partial charge in [0.2, 0.25) is 0 Å². The van der Waals surface area contributed by atoms with Crippen LogP contribution in [0, 0.1) is 13.8 Å². The molecule has 0 bridgehead atoms. The zero-order valence-electron chi connectivity index (χ0n) is 15.1. The van der Waals surface area contributed by atoms with Crippen LogP contribution in [0.3, 0.4) is 0 Å². The molecule has 7 nitrogen and oxygen atoms in total. The van der Waals surface area contributed by atoms with E-state index in [4.69, 9.17) is 21.1 Å². The van der Waals surface area contributed by atoms with Gasteiger partial charge in [-0.15, -0.1) is 11.3 Å². The highest BCUT2D eigenvalue weighted by Gasteiger charge is 2.23. The second-order valence-electron chi connectivity index (χ2n) is 5.73. The zero-order valence-corrected chi connectivity index (χ0v) is 17.5. The van der Waals surface area contributed by atoms with Crippen molar-refractivity contribution in [3.8, 4) is 22.1 Å². The Morgan fingerprint density at radius 3 is 2.52 bits per heavy atom. The predicted octanol–water partition coefficient (Wildman–Crippen LogP) is 4.23. The molecule has 0 fully saturated rings. The van der Waals surface area contributed by atoms with Crippen LogP contribution in [0.5, 0.6) is 11.5 Å². The van der Waals surface area contributed by atoms with E-state index in [0.29, 0.717) is 5.75 Å². The summed E-state index contributed by atoms with van der Waals surface area (Å²) in [7, 11) is -0.944. The van der Waals surface area contributed by atoms with E-state index in [1.54, 1.807) is 12.1 Å². The van der Waals surface area contributed by atoms with Crippen LogP contribution in [0.15, 0.2) is 28.5 Å². The summed E-state index contributed by atoms with van der Waals surface area (Å²) in [5.41, 5.74) is 2.81. The Balaban J connectivity index is 1.96. The van der Waals surface area contributed by atoms with Crippen LogP contribution in [0.4, 0.5) is 5.69 Å². The lowest BCUT2D eigenvalue weighted by Gasteiger charge is -2.14. The molecule has 0 spiro atoms. The summed E-state index contributed by atoms with van der Waals surface area (Å²) in [6.07, 6.45) is 0. The number of methoxy groups -OCH3 is 2. The molecule has 0 radical (unpaired) electrons. The maximum atomic E-state index is 12.8. The van der Waals surface area contributed by atoms with Gasteiger partial charge in [-0.25, -0.2) is 8.42 Å². The molecule has 144 valence electrons. The Morgan fingerprint density at radius 2 is 1.93 bits per heavy atom. The Labute approximate surface area is 166 Å². The van der Waals surface area contributed by atoms with Gasteiger partial charge in [0.05, 0.1) is 24.1 Å². The Kier molecular flexibility index (Phi) is 5.36. The first-order valence-corrected chi connectivity index (χ1v) is 10.5. The van der Waals surface area contributed by atoms with Crippen LogP contribution in [-0.4, -0.2) is 32.8 Å². The van der Waals surface area contributed by atoms with E-state index in [-0.39, 0.29) is 20.7 Å². The molecule has 0 unspecified atom stereocenters. The first kappa shape index (κ1) is 19.5. The summed E-state index contributed by atoms with van der Waals surface area (Å²) in [6.45, 7) is 3.85. The van der Waals surface area contributed by atoms with E-state index in [1.165, 1.54) is 26.4 Å². The summed E-state index contributed by atoms with van der Waals surface area (Å²) in [5, 5.41) is 7.31. The fourth-order valence-corrected chi connectivity index (χ4v) is 5.19. The number of aromatic nitrogens is 2. The molecule has 0 amide bonds. The molecule has 0 atom stereocenters. The number of hydrogen-bond acceptors (Lipinski definition) is 6. The molecule has 0 aliphatic rings. The van der Waals surface area contributed by atoms with Crippen LogP contribution in [-0.2, 0) is 10.0 Å². The number of nitrogens with one attached hydrogen (secondary N) is 2. The maximum absolute atomic E-state index is 12.8. The number of ether oxygens (including phenoxy) is 2. The predicted molar refractivity (Wildman–Crippen MR) is 107 cm³/mol. The molecule has 2 aromatic heterocycles. The number of thiophene rings is 1. The van der Waals surface area contributed by atoms with Gasteiger partial charge in [0, 0.05) is 17.8 Å². The van der Waals surface area contributed by atoms with Crippen molar-refractivity contribution < 1.29 is 17.9 Å². The number of nitrogens with zero attached hydrogens (tertiary/aromatic N) is 1. The molecule has 27 heavy (non-hydrogen) atoms. The minimum absolute atomic E-state index is 0.145. The minimum Gasteiger partial charge on any atom is -0.497 e. The smallest absolute Gasteiger partial charge is 0.271 e. The van der Waals surface area contributed by atoms with E-state index in [2.05, 4.69) is 14.9 Å². The average molecular weight is 428 g/mol. The van der Waals surface area contributed by atoms with Crippen molar-refractivity contribution in [2.24, 2.45) is 0 Å². The van der Waals surface area contributed by atoms with Crippen LogP contribution in [0.1, 0.15) is 11.3 Å². The zero-order chi connectivity index (χ0) is 19.8. The molecular formula is C17H18ClN3O4S2. The Bertz CT molecular complexity index is 1090. The Hall–Kier alpha value is -2.23. The van der Waals surface area contributed by atoms with Gasteiger partial charge >= 0.3 is 0 Å². The summed E-state index contributed by atoms with van der Waals surface area (Å²) < 4.78 is 38.7. The van der Waals surface area contributed by atoms with Crippen LogP contribution < -0.4 is 14.2 Å². The van der Waals surface area contributed by atoms with Gasteiger partial charge < -0.3 is 9.47 Å². The van der Waals surface area contributed by atoms with Crippen molar-refractivity contribution in [1.82, 2.24) is 10.2 Å². The number of anilines is 1. The quantitative estimate of drug-likeness (QED) is 0.614. The normalized spacial score (nSPS) is 11.4. The lowest BCUT2D eigenvalue weighted by atomic mass is 10.2. The van der Waals surface area contributed by atoms with Crippen LogP contribution >= 0.6 is 22.9 Å². The summed E-state index contributed by atoms with van der Waals surface area (Å²) >= 11 is 7.34. The van der Waals surface area contributed by atoms with E-state index < -0.39 is 10.0 Å². The molecule has 2 heterocycles.